The molecule has 45 heavy (non-hydrogen) atoms. The zero-order chi connectivity index (χ0) is 31.9. The number of phenols is 1. The number of hydrogen-bond acceptors (Lipinski definition) is 6. The van der Waals surface area contributed by atoms with E-state index in [4.69, 9.17) is 5.73 Å². The van der Waals surface area contributed by atoms with Crippen molar-refractivity contribution in [2.75, 3.05) is 6.54 Å². The van der Waals surface area contributed by atoms with Crippen LogP contribution in [-0.4, -0.2) is 74.5 Å². The van der Waals surface area contributed by atoms with E-state index >= 15 is 0 Å². The third kappa shape index (κ3) is 7.68. The molecule has 1 saturated heterocycles. The van der Waals surface area contributed by atoms with Gasteiger partial charge < -0.3 is 36.5 Å². The number of aromatic amines is 1. The van der Waals surface area contributed by atoms with Crippen molar-refractivity contribution in [3.63, 3.8) is 0 Å². The fourth-order valence-corrected chi connectivity index (χ4v) is 5.80. The first-order valence-electron chi connectivity index (χ1n) is 15.0. The summed E-state index contributed by atoms with van der Waals surface area (Å²) < 4.78 is 0. The Kier molecular flexibility index (Phi) is 9.79. The summed E-state index contributed by atoms with van der Waals surface area (Å²) in [5.41, 5.74) is 9.40. The topological polar surface area (TPSA) is 178 Å². The lowest BCUT2D eigenvalue weighted by molar-refractivity contribution is -0.144. The van der Waals surface area contributed by atoms with Gasteiger partial charge in [0.05, 0.1) is 6.04 Å². The number of nitrogens with two attached hydrogens (primary N) is 1. The van der Waals surface area contributed by atoms with E-state index in [-0.39, 0.29) is 31.6 Å². The van der Waals surface area contributed by atoms with Crippen LogP contribution in [-0.2, 0) is 38.4 Å². The summed E-state index contributed by atoms with van der Waals surface area (Å²) in [6.45, 7) is 0.273. The molecule has 234 valence electrons. The first-order chi connectivity index (χ1) is 21.7. The first kappa shape index (κ1) is 31.3. The lowest BCUT2D eigenvalue weighted by atomic mass is 10.0. The highest BCUT2D eigenvalue weighted by molar-refractivity contribution is 5.95. The summed E-state index contributed by atoms with van der Waals surface area (Å²) in [6.07, 6.45) is 3.06. The molecule has 0 bridgehead atoms. The minimum Gasteiger partial charge on any atom is -0.508 e. The molecule has 3 aromatic carbocycles. The number of carboxylic acids is 1. The minimum atomic E-state index is -1.21. The van der Waals surface area contributed by atoms with Crippen LogP contribution in [0.2, 0.25) is 0 Å². The molecule has 4 unspecified atom stereocenters. The number of amides is 3. The van der Waals surface area contributed by atoms with Gasteiger partial charge in [0.1, 0.15) is 23.9 Å². The number of likely N-dealkylation sites (tertiary alicyclic amines) is 1. The number of hydrogen-bond donors (Lipinski definition) is 6. The third-order valence-corrected chi connectivity index (χ3v) is 8.18. The van der Waals surface area contributed by atoms with Crippen LogP contribution in [0.1, 0.15) is 29.5 Å². The molecular weight excluding hydrogens is 574 g/mol. The highest BCUT2D eigenvalue weighted by atomic mass is 16.4. The average molecular weight is 612 g/mol. The number of carbonyl (C=O) groups excluding carboxylic acids is 3. The van der Waals surface area contributed by atoms with Gasteiger partial charge in [-0.2, -0.15) is 0 Å². The van der Waals surface area contributed by atoms with Gasteiger partial charge in [0.25, 0.3) is 0 Å². The summed E-state index contributed by atoms with van der Waals surface area (Å²) in [6, 6.07) is 19.0. The standard InChI is InChI=1S/C34H37N5O6/c35-26(17-21-7-2-1-3-8-21)31(41)37-28(18-22-12-14-24(40)15-13-22)33(43)39-16-6-11-30(39)32(42)38-29(34(44)45)19-23-20-36-27-10-5-4-9-25(23)27/h1-5,7-10,12-15,20,26,28-30,36,40H,6,11,16-19,35H2,(H,37,41)(H,38,42)(H,44,45). The monoisotopic (exact) mass is 611 g/mol. The molecule has 7 N–H and O–H groups in total. The summed E-state index contributed by atoms with van der Waals surface area (Å²) >= 11 is 0. The maximum atomic E-state index is 14.0. The van der Waals surface area contributed by atoms with Crippen LogP contribution in [0.4, 0.5) is 0 Å². The van der Waals surface area contributed by atoms with Crippen molar-refractivity contribution in [2.24, 2.45) is 5.73 Å². The van der Waals surface area contributed by atoms with E-state index in [1.807, 2.05) is 54.6 Å². The van der Waals surface area contributed by atoms with Gasteiger partial charge in [-0.1, -0.05) is 60.7 Å². The summed E-state index contributed by atoms with van der Waals surface area (Å²) in [5, 5.41) is 26.0. The SMILES string of the molecule is NC(Cc1ccccc1)C(=O)NC(Cc1ccc(O)cc1)C(=O)N1CCCC1C(=O)NC(Cc1c[nH]c2ccccc12)C(=O)O. The molecule has 1 aromatic heterocycles. The van der Waals surface area contributed by atoms with Gasteiger partial charge in [0.15, 0.2) is 0 Å². The number of carbonyl (C=O) groups is 4. The zero-order valence-electron chi connectivity index (χ0n) is 24.7. The molecule has 11 heteroatoms. The Labute approximate surface area is 260 Å². The van der Waals surface area contributed by atoms with Crippen molar-refractivity contribution in [3.05, 3.63) is 102 Å². The van der Waals surface area contributed by atoms with Crippen LogP contribution in [0, 0.1) is 0 Å². The normalized spacial score (nSPS) is 16.6. The van der Waals surface area contributed by atoms with Crippen LogP contribution in [0.3, 0.4) is 0 Å². The van der Waals surface area contributed by atoms with Gasteiger partial charge >= 0.3 is 5.97 Å². The molecular formula is C34H37N5O6. The number of benzene rings is 3. The van der Waals surface area contributed by atoms with E-state index in [0.717, 1.165) is 22.0 Å². The summed E-state index contributed by atoms with van der Waals surface area (Å²) in [4.78, 5) is 57.4. The molecule has 0 radical (unpaired) electrons. The highest BCUT2D eigenvalue weighted by Crippen LogP contribution is 2.22. The molecule has 4 atom stereocenters. The smallest absolute Gasteiger partial charge is 0.326 e. The van der Waals surface area contributed by atoms with Crippen molar-refractivity contribution < 1.29 is 29.4 Å². The number of para-hydroxylation sites is 1. The molecule has 2 heterocycles. The largest absolute Gasteiger partial charge is 0.508 e. The number of fused-ring (bicyclic) bond motifs is 1. The molecule has 0 saturated carbocycles. The van der Waals surface area contributed by atoms with Crippen molar-refractivity contribution in [1.29, 1.82) is 0 Å². The number of carboxylic acid groups (broad SMARTS) is 1. The Morgan fingerprint density at radius 2 is 1.56 bits per heavy atom. The van der Waals surface area contributed by atoms with Gasteiger partial charge in [-0.15, -0.1) is 0 Å². The molecule has 4 aromatic rings. The summed E-state index contributed by atoms with van der Waals surface area (Å²) in [5.74, 6) is -2.67. The predicted molar refractivity (Wildman–Crippen MR) is 168 cm³/mol. The summed E-state index contributed by atoms with van der Waals surface area (Å²) in [7, 11) is 0. The van der Waals surface area contributed by atoms with E-state index in [1.54, 1.807) is 18.3 Å². The zero-order valence-corrected chi connectivity index (χ0v) is 24.7. The Morgan fingerprint density at radius 1 is 0.867 bits per heavy atom. The van der Waals surface area contributed by atoms with E-state index < -0.39 is 47.9 Å². The van der Waals surface area contributed by atoms with Crippen molar-refractivity contribution in [2.45, 2.75) is 56.3 Å². The lowest BCUT2D eigenvalue weighted by Crippen LogP contribution is -2.57. The van der Waals surface area contributed by atoms with Crippen molar-refractivity contribution in [3.8, 4) is 5.75 Å². The van der Waals surface area contributed by atoms with E-state index in [1.165, 1.54) is 17.0 Å². The molecule has 5 rings (SSSR count). The van der Waals surface area contributed by atoms with Crippen LogP contribution in [0.25, 0.3) is 10.9 Å². The van der Waals surface area contributed by atoms with Crippen LogP contribution in [0.5, 0.6) is 5.75 Å². The molecule has 0 spiro atoms. The molecule has 0 aliphatic carbocycles. The number of nitrogens with zero attached hydrogens (tertiary/aromatic N) is 1. The molecule has 3 amide bonds. The number of phenolic OH excluding ortho intramolecular Hbond substituents is 1. The number of aromatic hydroxyl groups is 1. The van der Waals surface area contributed by atoms with Gasteiger partial charge in [0, 0.05) is 36.5 Å². The second-order valence-corrected chi connectivity index (χ2v) is 11.4. The van der Waals surface area contributed by atoms with E-state index in [2.05, 4.69) is 15.6 Å². The van der Waals surface area contributed by atoms with Crippen LogP contribution >= 0.6 is 0 Å². The van der Waals surface area contributed by atoms with E-state index in [9.17, 15) is 29.4 Å². The fourth-order valence-electron chi connectivity index (χ4n) is 5.80. The number of nitrogens with one attached hydrogen (secondary N) is 3. The van der Waals surface area contributed by atoms with Crippen molar-refractivity contribution in [1.82, 2.24) is 20.5 Å². The number of aromatic nitrogens is 1. The molecule has 11 nitrogen and oxygen atoms in total. The molecule has 1 aliphatic heterocycles. The Morgan fingerprint density at radius 3 is 2.29 bits per heavy atom. The Hall–Kier alpha value is -5.16. The molecule has 1 aliphatic rings. The number of H-pyrrole nitrogens is 1. The van der Waals surface area contributed by atoms with Crippen LogP contribution in [0.15, 0.2) is 85.1 Å². The van der Waals surface area contributed by atoms with Crippen LogP contribution < -0.4 is 16.4 Å². The second kappa shape index (κ2) is 14.1. The molecule has 1 fully saturated rings. The maximum absolute atomic E-state index is 14.0. The predicted octanol–water partition coefficient (Wildman–Crippen LogP) is 2.27. The Bertz CT molecular complexity index is 1650. The Balaban J connectivity index is 1.31. The van der Waals surface area contributed by atoms with E-state index in [0.29, 0.717) is 18.4 Å². The first-order valence-corrected chi connectivity index (χ1v) is 15.0. The number of aliphatic carboxylic acids is 1. The number of rotatable bonds is 12. The highest BCUT2D eigenvalue weighted by Gasteiger charge is 2.39. The lowest BCUT2D eigenvalue weighted by Gasteiger charge is -2.30. The quantitative estimate of drug-likeness (QED) is 0.142. The van der Waals surface area contributed by atoms with Gasteiger partial charge in [-0.3, -0.25) is 14.4 Å². The van der Waals surface area contributed by atoms with Gasteiger partial charge in [-0.25, -0.2) is 4.79 Å². The van der Waals surface area contributed by atoms with Crippen molar-refractivity contribution >= 4 is 34.6 Å². The average Bonchev–Trinajstić information content (AvgIpc) is 3.69. The minimum absolute atomic E-state index is 0.0601. The maximum Gasteiger partial charge on any atom is 0.326 e. The van der Waals surface area contributed by atoms with Gasteiger partial charge in [0.2, 0.25) is 17.7 Å². The third-order valence-electron chi connectivity index (χ3n) is 8.18. The fraction of sp³-hybridized carbons (Fsp3) is 0.294. The second-order valence-electron chi connectivity index (χ2n) is 11.4. The van der Waals surface area contributed by atoms with Gasteiger partial charge in [-0.05, 0) is 54.2 Å².